The van der Waals surface area contributed by atoms with E-state index in [2.05, 4.69) is 5.32 Å². The zero-order valence-electron chi connectivity index (χ0n) is 13.8. The average Bonchev–Trinajstić information content (AvgIpc) is 3.20. The van der Waals surface area contributed by atoms with Gasteiger partial charge in [-0.15, -0.1) is 12.4 Å². The van der Waals surface area contributed by atoms with Gasteiger partial charge < -0.3 is 11.1 Å². The Bertz CT molecular complexity index is 736. The van der Waals surface area contributed by atoms with Crippen molar-refractivity contribution in [2.75, 3.05) is 18.4 Å². The second-order valence-corrected chi connectivity index (χ2v) is 8.83. The quantitative estimate of drug-likeness (QED) is 0.801. The summed E-state index contributed by atoms with van der Waals surface area (Å²) >= 11 is 6.11. The van der Waals surface area contributed by atoms with E-state index in [1.165, 1.54) is 16.4 Å². The fourth-order valence-electron chi connectivity index (χ4n) is 3.35. The van der Waals surface area contributed by atoms with Gasteiger partial charge in [-0.05, 0) is 50.3 Å². The van der Waals surface area contributed by atoms with Gasteiger partial charge >= 0.3 is 0 Å². The molecule has 1 saturated heterocycles. The predicted molar refractivity (Wildman–Crippen MR) is 101 cm³/mol. The Labute approximate surface area is 159 Å². The zero-order valence-corrected chi connectivity index (χ0v) is 16.2. The highest BCUT2D eigenvalue weighted by atomic mass is 35.5. The van der Waals surface area contributed by atoms with Gasteiger partial charge in [-0.2, -0.15) is 4.31 Å². The number of hydrogen-bond donors (Lipinski definition) is 2. The number of anilines is 1. The van der Waals surface area contributed by atoms with Gasteiger partial charge in [-0.25, -0.2) is 8.42 Å². The molecule has 1 amide bonds. The summed E-state index contributed by atoms with van der Waals surface area (Å²) < 4.78 is 26.8. The molecule has 1 aliphatic heterocycles. The standard InChI is InChI=1S/C16H22ClN3O3S.ClH/c17-14-6-5-13(19-16(21)11-3-4-12(18)9-11)10-15(14)24(22,23)20-7-1-2-8-20;/h5-6,10-12H,1-4,7-9,18H2,(H,19,21);1H. The first-order chi connectivity index (χ1) is 11.4. The van der Waals surface area contributed by atoms with E-state index >= 15 is 0 Å². The molecule has 1 saturated carbocycles. The molecule has 0 aromatic heterocycles. The van der Waals surface area contributed by atoms with Gasteiger partial charge in [0.25, 0.3) is 0 Å². The van der Waals surface area contributed by atoms with Crippen LogP contribution in [0.1, 0.15) is 32.1 Å². The third-order valence-corrected chi connectivity index (χ3v) is 7.11. The molecule has 0 bridgehead atoms. The van der Waals surface area contributed by atoms with Crippen LogP contribution in [0, 0.1) is 5.92 Å². The number of amides is 1. The topological polar surface area (TPSA) is 92.5 Å². The molecule has 0 spiro atoms. The van der Waals surface area contributed by atoms with Crippen LogP contribution in [0.25, 0.3) is 0 Å². The molecular formula is C16H23Cl2N3O3S. The third-order valence-electron chi connectivity index (χ3n) is 4.73. The molecule has 3 rings (SSSR count). The van der Waals surface area contributed by atoms with Gasteiger partial charge in [0.2, 0.25) is 15.9 Å². The molecule has 140 valence electrons. The Balaban J connectivity index is 0.00000225. The third kappa shape index (κ3) is 4.46. The molecule has 2 atom stereocenters. The summed E-state index contributed by atoms with van der Waals surface area (Å²) in [5.41, 5.74) is 6.29. The lowest BCUT2D eigenvalue weighted by atomic mass is 10.1. The smallest absolute Gasteiger partial charge is 0.244 e. The van der Waals surface area contributed by atoms with Crippen molar-refractivity contribution in [1.29, 1.82) is 0 Å². The molecule has 1 aliphatic carbocycles. The van der Waals surface area contributed by atoms with Crippen LogP contribution in [0.15, 0.2) is 23.1 Å². The lowest BCUT2D eigenvalue weighted by molar-refractivity contribution is -0.119. The van der Waals surface area contributed by atoms with Crippen LogP contribution >= 0.6 is 24.0 Å². The Morgan fingerprint density at radius 2 is 1.92 bits per heavy atom. The SMILES string of the molecule is Cl.NC1CCC(C(=O)Nc2ccc(Cl)c(S(=O)(=O)N3CCCC3)c2)C1. The fourth-order valence-corrected chi connectivity index (χ4v) is 5.36. The highest BCUT2D eigenvalue weighted by molar-refractivity contribution is 7.89. The molecule has 9 heteroatoms. The minimum absolute atomic E-state index is 0. The number of carbonyl (C=O) groups excluding carboxylic acids is 1. The molecule has 2 fully saturated rings. The minimum Gasteiger partial charge on any atom is -0.328 e. The molecule has 1 heterocycles. The van der Waals surface area contributed by atoms with E-state index in [4.69, 9.17) is 17.3 Å². The van der Waals surface area contributed by atoms with Crippen LogP contribution in [0.4, 0.5) is 5.69 Å². The van der Waals surface area contributed by atoms with Crippen LogP contribution in [0.5, 0.6) is 0 Å². The Kier molecular flexibility index (Phi) is 6.73. The van der Waals surface area contributed by atoms with E-state index in [-0.39, 0.29) is 40.2 Å². The number of sulfonamides is 1. The molecule has 1 aromatic carbocycles. The van der Waals surface area contributed by atoms with Crippen LogP contribution in [0.3, 0.4) is 0 Å². The maximum atomic E-state index is 12.7. The molecule has 0 radical (unpaired) electrons. The number of nitrogens with two attached hydrogens (primary N) is 1. The normalized spacial score (nSPS) is 24.1. The highest BCUT2D eigenvalue weighted by Gasteiger charge is 2.30. The number of nitrogens with zero attached hydrogens (tertiary/aromatic N) is 1. The summed E-state index contributed by atoms with van der Waals surface area (Å²) in [5.74, 6) is -0.232. The van der Waals surface area contributed by atoms with Crippen molar-refractivity contribution in [1.82, 2.24) is 4.31 Å². The molecule has 2 aliphatic rings. The monoisotopic (exact) mass is 407 g/mol. The van der Waals surface area contributed by atoms with Crippen molar-refractivity contribution in [3.8, 4) is 0 Å². The van der Waals surface area contributed by atoms with E-state index in [0.717, 1.165) is 25.7 Å². The van der Waals surface area contributed by atoms with E-state index in [0.29, 0.717) is 25.2 Å². The molecule has 1 aromatic rings. The zero-order chi connectivity index (χ0) is 17.3. The van der Waals surface area contributed by atoms with Crippen molar-refractivity contribution in [3.05, 3.63) is 23.2 Å². The summed E-state index contributed by atoms with van der Waals surface area (Å²) in [6.07, 6.45) is 3.98. The van der Waals surface area contributed by atoms with Crippen molar-refractivity contribution in [2.45, 2.75) is 43.0 Å². The summed E-state index contributed by atoms with van der Waals surface area (Å²) in [4.78, 5) is 12.4. The Morgan fingerprint density at radius 1 is 1.24 bits per heavy atom. The molecule has 2 unspecified atom stereocenters. The molecule has 6 nitrogen and oxygen atoms in total. The van der Waals surface area contributed by atoms with Crippen molar-refractivity contribution >= 4 is 45.6 Å². The van der Waals surface area contributed by atoms with E-state index < -0.39 is 10.0 Å². The van der Waals surface area contributed by atoms with Crippen LogP contribution in [-0.4, -0.2) is 37.8 Å². The van der Waals surface area contributed by atoms with Gasteiger partial charge in [-0.1, -0.05) is 11.6 Å². The first kappa shape index (κ1) is 20.5. The molecule has 25 heavy (non-hydrogen) atoms. The first-order valence-corrected chi connectivity index (χ1v) is 10.1. The number of hydrogen-bond acceptors (Lipinski definition) is 4. The first-order valence-electron chi connectivity index (χ1n) is 8.24. The predicted octanol–water partition coefficient (Wildman–Crippen LogP) is 2.61. The number of carbonyl (C=O) groups is 1. The van der Waals surface area contributed by atoms with Crippen LogP contribution in [0.2, 0.25) is 5.02 Å². The van der Waals surface area contributed by atoms with Crippen molar-refractivity contribution < 1.29 is 13.2 Å². The van der Waals surface area contributed by atoms with Gasteiger partial charge in [-0.3, -0.25) is 4.79 Å². The number of nitrogens with one attached hydrogen (secondary N) is 1. The number of rotatable bonds is 4. The van der Waals surface area contributed by atoms with Crippen LogP contribution in [-0.2, 0) is 14.8 Å². The maximum absolute atomic E-state index is 12.7. The van der Waals surface area contributed by atoms with Gasteiger partial charge in [0.15, 0.2) is 0 Å². The molecule has 3 N–H and O–H groups in total. The highest BCUT2D eigenvalue weighted by Crippen LogP contribution is 2.31. The lowest BCUT2D eigenvalue weighted by Crippen LogP contribution is -2.28. The average molecular weight is 408 g/mol. The maximum Gasteiger partial charge on any atom is 0.244 e. The van der Waals surface area contributed by atoms with E-state index in [9.17, 15) is 13.2 Å². The largest absolute Gasteiger partial charge is 0.328 e. The lowest BCUT2D eigenvalue weighted by Gasteiger charge is -2.18. The second kappa shape index (κ2) is 8.22. The fraction of sp³-hybridized carbons (Fsp3) is 0.562. The van der Waals surface area contributed by atoms with Crippen LogP contribution < -0.4 is 11.1 Å². The molecular weight excluding hydrogens is 385 g/mol. The second-order valence-electron chi connectivity index (χ2n) is 6.52. The Hall–Kier alpha value is -0.860. The van der Waals surface area contributed by atoms with E-state index in [1.807, 2.05) is 0 Å². The summed E-state index contributed by atoms with van der Waals surface area (Å²) in [7, 11) is -3.63. The number of benzene rings is 1. The van der Waals surface area contributed by atoms with Gasteiger partial charge in [0.1, 0.15) is 4.90 Å². The van der Waals surface area contributed by atoms with Crippen molar-refractivity contribution in [2.24, 2.45) is 11.7 Å². The summed E-state index contributed by atoms with van der Waals surface area (Å²) in [6, 6.07) is 4.65. The van der Waals surface area contributed by atoms with Gasteiger partial charge in [0, 0.05) is 30.7 Å². The van der Waals surface area contributed by atoms with Gasteiger partial charge in [0.05, 0.1) is 5.02 Å². The summed E-state index contributed by atoms with van der Waals surface area (Å²) in [5, 5.41) is 2.97. The number of halogens is 2. The van der Waals surface area contributed by atoms with Crippen molar-refractivity contribution in [3.63, 3.8) is 0 Å². The summed E-state index contributed by atoms with van der Waals surface area (Å²) in [6.45, 7) is 1.02. The van der Waals surface area contributed by atoms with E-state index in [1.54, 1.807) is 6.07 Å². The Morgan fingerprint density at radius 3 is 2.52 bits per heavy atom. The minimum atomic E-state index is -3.63.